The fourth-order valence-electron chi connectivity index (χ4n) is 1.52. The van der Waals surface area contributed by atoms with Crippen molar-refractivity contribution >= 4 is 5.78 Å². The van der Waals surface area contributed by atoms with Crippen molar-refractivity contribution in [3.05, 3.63) is 34.9 Å². The zero-order valence-electron chi connectivity index (χ0n) is 9.60. The monoisotopic (exact) mass is 227 g/mol. The molecule has 4 heteroatoms. The van der Waals surface area contributed by atoms with Crippen LogP contribution in [0, 0.1) is 11.6 Å². The van der Waals surface area contributed by atoms with Gasteiger partial charge in [0.15, 0.2) is 5.78 Å². The van der Waals surface area contributed by atoms with Gasteiger partial charge in [-0.2, -0.15) is 0 Å². The molecule has 0 spiro atoms. The highest BCUT2D eigenvalue weighted by Crippen LogP contribution is 2.23. The number of hydrogen-bond acceptors (Lipinski definition) is 2. The fourth-order valence-corrected chi connectivity index (χ4v) is 1.52. The molecular formula is C12H15F2NO. The minimum absolute atomic E-state index is 0.0740. The van der Waals surface area contributed by atoms with Gasteiger partial charge in [-0.15, -0.1) is 0 Å². The highest BCUT2D eigenvalue weighted by Gasteiger charge is 2.20. The largest absolute Gasteiger partial charge is 0.313 e. The molecule has 2 nitrogen and oxygen atoms in total. The second-order valence-electron chi connectivity index (χ2n) is 3.93. The van der Waals surface area contributed by atoms with Gasteiger partial charge in [-0.05, 0) is 24.6 Å². The van der Waals surface area contributed by atoms with Crippen LogP contribution in [0.15, 0.2) is 12.1 Å². The standard InChI is InChI=1S/C12H15F2NO/c1-7(2)8-4-5-9(13)11(12(8)14)10(16)6-15-3/h4-5,7,15H,6H2,1-3H3. The van der Waals surface area contributed by atoms with Crippen LogP contribution in [0.4, 0.5) is 8.78 Å². The first-order valence-corrected chi connectivity index (χ1v) is 5.14. The minimum Gasteiger partial charge on any atom is -0.313 e. The van der Waals surface area contributed by atoms with Gasteiger partial charge in [0.2, 0.25) is 0 Å². The van der Waals surface area contributed by atoms with Gasteiger partial charge in [-0.3, -0.25) is 4.79 Å². The van der Waals surface area contributed by atoms with Crippen molar-refractivity contribution in [1.82, 2.24) is 5.32 Å². The predicted octanol–water partition coefficient (Wildman–Crippen LogP) is 2.49. The summed E-state index contributed by atoms with van der Waals surface area (Å²) in [6.45, 7) is 3.51. The van der Waals surface area contributed by atoms with E-state index in [0.29, 0.717) is 5.56 Å². The van der Waals surface area contributed by atoms with Crippen molar-refractivity contribution < 1.29 is 13.6 Å². The number of benzene rings is 1. The van der Waals surface area contributed by atoms with Crippen LogP contribution >= 0.6 is 0 Å². The quantitative estimate of drug-likeness (QED) is 0.801. The van der Waals surface area contributed by atoms with Crippen LogP contribution < -0.4 is 5.32 Å². The molecule has 0 bridgehead atoms. The number of carbonyl (C=O) groups is 1. The first kappa shape index (κ1) is 12.8. The summed E-state index contributed by atoms with van der Waals surface area (Å²) >= 11 is 0. The second kappa shape index (κ2) is 5.16. The summed E-state index contributed by atoms with van der Waals surface area (Å²) in [6, 6.07) is 2.52. The van der Waals surface area contributed by atoms with E-state index in [1.807, 2.05) is 0 Å². The van der Waals surface area contributed by atoms with E-state index in [9.17, 15) is 13.6 Å². The summed E-state index contributed by atoms with van der Waals surface area (Å²) in [4.78, 5) is 11.5. The first-order chi connectivity index (χ1) is 7.49. The highest BCUT2D eigenvalue weighted by atomic mass is 19.1. The maximum absolute atomic E-state index is 13.9. The number of carbonyl (C=O) groups excluding carboxylic acids is 1. The molecule has 0 aliphatic rings. The van der Waals surface area contributed by atoms with Crippen molar-refractivity contribution in [3.8, 4) is 0 Å². The van der Waals surface area contributed by atoms with E-state index in [-0.39, 0.29) is 12.5 Å². The van der Waals surface area contributed by atoms with Crippen LogP contribution in [0.25, 0.3) is 0 Å². The lowest BCUT2D eigenvalue weighted by molar-refractivity contribution is 0.0985. The van der Waals surface area contributed by atoms with E-state index in [0.717, 1.165) is 6.07 Å². The van der Waals surface area contributed by atoms with Gasteiger partial charge in [0.1, 0.15) is 11.6 Å². The summed E-state index contributed by atoms with van der Waals surface area (Å²) in [7, 11) is 1.56. The van der Waals surface area contributed by atoms with Gasteiger partial charge in [0, 0.05) is 0 Å². The molecule has 16 heavy (non-hydrogen) atoms. The summed E-state index contributed by atoms with van der Waals surface area (Å²) < 4.78 is 27.2. The zero-order valence-corrected chi connectivity index (χ0v) is 9.60. The predicted molar refractivity (Wildman–Crippen MR) is 58.7 cm³/mol. The molecule has 0 aliphatic carbocycles. The van der Waals surface area contributed by atoms with E-state index in [1.54, 1.807) is 20.9 Å². The van der Waals surface area contributed by atoms with E-state index in [1.165, 1.54) is 6.07 Å². The minimum atomic E-state index is -0.804. The number of ketones is 1. The van der Waals surface area contributed by atoms with Crippen LogP contribution in [0.5, 0.6) is 0 Å². The molecular weight excluding hydrogens is 212 g/mol. The van der Waals surface area contributed by atoms with E-state index in [4.69, 9.17) is 0 Å². The molecule has 0 fully saturated rings. The number of halogens is 2. The molecule has 1 N–H and O–H groups in total. The molecule has 0 heterocycles. The molecule has 0 amide bonds. The molecule has 0 saturated carbocycles. The smallest absolute Gasteiger partial charge is 0.182 e. The van der Waals surface area contributed by atoms with Crippen molar-refractivity contribution in [3.63, 3.8) is 0 Å². The van der Waals surface area contributed by atoms with Crippen LogP contribution in [-0.4, -0.2) is 19.4 Å². The van der Waals surface area contributed by atoms with Gasteiger partial charge < -0.3 is 5.32 Å². The Labute approximate surface area is 93.7 Å². The summed E-state index contributed by atoms with van der Waals surface area (Å²) in [5.41, 5.74) is -0.0820. The SMILES string of the molecule is CNCC(=O)c1c(F)ccc(C(C)C)c1F. The molecule has 88 valence electrons. The third-order valence-corrected chi connectivity index (χ3v) is 2.36. The molecule has 0 aromatic heterocycles. The first-order valence-electron chi connectivity index (χ1n) is 5.14. The van der Waals surface area contributed by atoms with E-state index < -0.39 is 23.0 Å². The second-order valence-corrected chi connectivity index (χ2v) is 3.93. The highest BCUT2D eigenvalue weighted by molar-refractivity contribution is 5.98. The Kier molecular flexibility index (Phi) is 4.12. The van der Waals surface area contributed by atoms with Crippen molar-refractivity contribution in [2.24, 2.45) is 0 Å². The van der Waals surface area contributed by atoms with Crippen LogP contribution in [0.2, 0.25) is 0 Å². The third kappa shape index (κ3) is 2.44. The van der Waals surface area contributed by atoms with Crippen molar-refractivity contribution in [2.75, 3.05) is 13.6 Å². The number of rotatable bonds is 4. The fraction of sp³-hybridized carbons (Fsp3) is 0.417. The Morgan fingerprint density at radius 3 is 2.50 bits per heavy atom. The Balaban J connectivity index is 3.26. The number of hydrogen-bond donors (Lipinski definition) is 1. The molecule has 1 aromatic carbocycles. The molecule has 1 aromatic rings. The maximum atomic E-state index is 13.9. The van der Waals surface area contributed by atoms with Crippen LogP contribution in [-0.2, 0) is 0 Å². The van der Waals surface area contributed by atoms with Gasteiger partial charge in [0.25, 0.3) is 0 Å². The Morgan fingerprint density at radius 2 is 2.00 bits per heavy atom. The normalized spacial score (nSPS) is 10.9. The summed E-state index contributed by atoms with van der Waals surface area (Å²) in [5.74, 6) is -2.20. The van der Waals surface area contributed by atoms with Crippen LogP contribution in [0.3, 0.4) is 0 Å². The molecule has 0 atom stereocenters. The molecule has 0 aliphatic heterocycles. The summed E-state index contributed by atoms with van der Waals surface area (Å²) in [6.07, 6.45) is 0. The van der Waals surface area contributed by atoms with Gasteiger partial charge in [0.05, 0.1) is 12.1 Å². The van der Waals surface area contributed by atoms with Gasteiger partial charge >= 0.3 is 0 Å². The average molecular weight is 227 g/mol. The lowest BCUT2D eigenvalue weighted by Gasteiger charge is -2.11. The zero-order chi connectivity index (χ0) is 12.3. The maximum Gasteiger partial charge on any atom is 0.182 e. The molecule has 0 unspecified atom stereocenters. The van der Waals surface area contributed by atoms with Crippen molar-refractivity contribution in [2.45, 2.75) is 19.8 Å². The van der Waals surface area contributed by atoms with Crippen molar-refractivity contribution in [1.29, 1.82) is 0 Å². The van der Waals surface area contributed by atoms with Gasteiger partial charge in [-0.1, -0.05) is 19.9 Å². The molecule has 0 radical (unpaired) electrons. The average Bonchev–Trinajstić information content (AvgIpc) is 2.17. The van der Waals surface area contributed by atoms with E-state index in [2.05, 4.69) is 5.32 Å². The number of nitrogens with one attached hydrogen (secondary N) is 1. The number of Topliss-reactive ketones (excluding diaryl/α,β-unsaturated/α-hetero) is 1. The Morgan fingerprint density at radius 1 is 1.38 bits per heavy atom. The summed E-state index contributed by atoms with van der Waals surface area (Å²) in [5, 5.41) is 2.59. The Hall–Kier alpha value is -1.29. The van der Waals surface area contributed by atoms with Gasteiger partial charge in [-0.25, -0.2) is 8.78 Å². The third-order valence-electron chi connectivity index (χ3n) is 2.36. The van der Waals surface area contributed by atoms with Crippen LogP contribution in [0.1, 0.15) is 35.7 Å². The van der Waals surface area contributed by atoms with E-state index >= 15 is 0 Å². The Bertz CT molecular complexity index is 402. The molecule has 0 saturated heterocycles. The molecule has 1 rings (SSSR count). The lowest BCUT2D eigenvalue weighted by atomic mass is 9.97. The lowest BCUT2D eigenvalue weighted by Crippen LogP contribution is -2.21. The topological polar surface area (TPSA) is 29.1 Å². The number of likely N-dealkylation sites (N-methyl/N-ethyl adjacent to an activating group) is 1.